The molecule has 0 fully saturated rings. The molecule has 0 saturated heterocycles. The highest BCUT2D eigenvalue weighted by atomic mass is 16.5. The van der Waals surface area contributed by atoms with Crippen molar-refractivity contribution >= 4 is 16.9 Å². The number of benzene rings is 1. The van der Waals surface area contributed by atoms with Crippen molar-refractivity contribution in [3.63, 3.8) is 0 Å². The zero-order valence-corrected chi connectivity index (χ0v) is 17.3. The van der Waals surface area contributed by atoms with E-state index in [1.165, 1.54) is 0 Å². The summed E-state index contributed by atoms with van der Waals surface area (Å²) in [6, 6.07) is 12.2. The molecule has 0 radical (unpaired) electrons. The lowest BCUT2D eigenvalue weighted by Gasteiger charge is -2.19. The van der Waals surface area contributed by atoms with Crippen molar-refractivity contribution < 1.29 is 4.74 Å². The fraction of sp³-hybridized carbons (Fsp3) is 0.318. The van der Waals surface area contributed by atoms with E-state index in [9.17, 15) is 0 Å². The SMILES string of the molecule is CCN(CC)c1ccc(-c2nc3cc(OC)ccc3n2Cc2ccn(C)n2)cn1. The van der Waals surface area contributed by atoms with Gasteiger partial charge in [-0.15, -0.1) is 0 Å². The van der Waals surface area contributed by atoms with Gasteiger partial charge >= 0.3 is 0 Å². The number of aromatic nitrogens is 5. The summed E-state index contributed by atoms with van der Waals surface area (Å²) in [4.78, 5) is 11.8. The van der Waals surface area contributed by atoms with Crippen LogP contribution in [0.1, 0.15) is 19.5 Å². The number of imidazole rings is 1. The zero-order valence-electron chi connectivity index (χ0n) is 17.3. The van der Waals surface area contributed by atoms with Crippen molar-refractivity contribution in [3.8, 4) is 17.1 Å². The van der Waals surface area contributed by atoms with Crippen molar-refractivity contribution in [1.29, 1.82) is 0 Å². The van der Waals surface area contributed by atoms with E-state index in [1.807, 2.05) is 48.4 Å². The Morgan fingerprint density at radius 2 is 1.90 bits per heavy atom. The molecule has 0 N–H and O–H groups in total. The smallest absolute Gasteiger partial charge is 0.143 e. The van der Waals surface area contributed by atoms with Crippen LogP contribution in [0, 0.1) is 0 Å². The molecule has 0 aliphatic rings. The molecular formula is C22H26N6O. The molecule has 4 aromatic rings. The van der Waals surface area contributed by atoms with Crippen LogP contribution in [-0.4, -0.2) is 44.5 Å². The lowest BCUT2D eigenvalue weighted by atomic mass is 10.2. The third kappa shape index (κ3) is 3.68. The molecule has 0 unspecified atom stereocenters. The monoisotopic (exact) mass is 390 g/mol. The quantitative estimate of drug-likeness (QED) is 0.481. The molecule has 0 saturated carbocycles. The largest absolute Gasteiger partial charge is 0.497 e. The first kappa shape index (κ1) is 19.0. The number of hydrogen-bond acceptors (Lipinski definition) is 5. The average Bonchev–Trinajstić information content (AvgIpc) is 3.32. The van der Waals surface area contributed by atoms with Gasteiger partial charge in [-0.1, -0.05) is 0 Å². The topological polar surface area (TPSA) is 61.0 Å². The molecule has 0 amide bonds. The Labute approximate surface area is 170 Å². The zero-order chi connectivity index (χ0) is 20.4. The van der Waals surface area contributed by atoms with E-state index in [-0.39, 0.29) is 0 Å². The first-order valence-corrected chi connectivity index (χ1v) is 9.87. The van der Waals surface area contributed by atoms with Gasteiger partial charge in [-0.3, -0.25) is 4.68 Å². The molecule has 0 atom stereocenters. The number of ether oxygens (including phenoxy) is 1. The van der Waals surface area contributed by atoms with Gasteiger partial charge in [-0.05, 0) is 44.2 Å². The Bertz CT molecular complexity index is 1110. The molecular weight excluding hydrogens is 364 g/mol. The minimum Gasteiger partial charge on any atom is -0.497 e. The first-order chi connectivity index (χ1) is 14.1. The van der Waals surface area contributed by atoms with E-state index in [2.05, 4.69) is 45.5 Å². The van der Waals surface area contributed by atoms with Crippen LogP contribution in [0.3, 0.4) is 0 Å². The summed E-state index contributed by atoms with van der Waals surface area (Å²) in [6.45, 7) is 6.77. The van der Waals surface area contributed by atoms with Gasteiger partial charge in [0.25, 0.3) is 0 Å². The Kier molecular flexibility index (Phi) is 5.20. The second kappa shape index (κ2) is 7.95. The predicted molar refractivity (Wildman–Crippen MR) is 115 cm³/mol. The molecule has 3 heterocycles. The van der Waals surface area contributed by atoms with Crippen molar-refractivity contribution in [1.82, 2.24) is 24.3 Å². The molecule has 0 aliphatic carbocycles. The summed E-state index contributed by atoms with van der Waals surface area (Å²) in [6.07, 6.45) is 3.86. The Hall–Kier alpha value is -3.35. The van der Waals surface area contributed by atoms with Gasteiger partial charge in [-0.25, -0.2) is 9.97 Å². The summed E-state index contributed by atoms with van der Waals surface area (Å²) in [5.74, 6) is 2.65. The molecule has 150 valence electrons. The third-order valence-electron chi connectivity index (χ3n) is 5.14. The molecule has 4 rings (SSSR count). The van der Waals surface area contributed by atoms with E-state index in [0.717, 1.165) is 52.8 Å². The van der Waals surface area contributed by atoms with Gasteiger partial charge in [0.05, 0.1) is 30.4 Å². The van der Waals surface area contributed by atoms with Crippen LogP contribution in [0.15, 0.2) is 48.8 Å². The van der Waals surface area contributed by atoms with E-state index in [0.29, 0.717) is 6.54 Å². The third-order valence-corrected chi connectivity index (χ3v) is 5.14. The second-order valence-corrected chi connectivity index (χ2v) is 6.93. The Morgan fingerprint density at radius 3 is 2.52 bits per heavy atom. The standard InChI is InChI=1S/C22H26N6O/c1-5-27(6-2)21-10-7-16(14-23-21)22-24-19-13-18(29-4)8-9-20(19)28(22)15-17-11-12-26(3)25-17/h7-14H,5-6,15H2,1-4H3. The molecule has 3 aromatic heterocycles. The number of methoxy groups -OCH3 is 1. The van der Waals surface area contributed by atoms with Crippen LogP contribution in [0.4, 0.5) is 5.82 Å². The summed E-state index contributed by atoms with van der Waals surface area (Å²) >= 11 is 0. The molecule has 0 spiro atoms. The summed E-state index contributed by atoms with van der Waals surface area (Å²) in [5, 5.41) is 4.54. The molecule has 1 aromatic carbocycles. The van der Waals surface area contributed by atoms with E-state index >= 15 is 0 Å². The summed E-state index contributed by atoms with van der Waals surface area (Å²) in [7, 11) is 3.60. The van der Waals surface area contributed by atoms with Crippen LogP contribution in [0.5, 0.6) is 5.75 Å². The summed E-state index contributed by atoms with van der Waals surface area (Å²) in [5.41, 5.74) is 3.89. The highest BCUT2D eigenvalue weighted by molar-refractivity contribution is 5.82. The van der Waals surface area contributed by atoms with Crippen molar-refractivity contribution in [3.05, 3.63) is 54.5 Å². The van der Waals surface area contributed by atoms with Crippen LogP contribution in [0.25, 0.3) is 22.4 Å². The number of pyridine rings is 1. The minimum absolute atomic E-state index is 0.636. The molecule has 0 aliphatic heterocycles. The summed E-state index contributed by atoms with van der Waals surface area (Å²) < 4.78 is 9.39. The van der Waals surface area contributed by atoms with E-state index < -0.39 is 0 Å². The van der Waals surface area contributed by atoms with Gasteiger partial charge < -0.3 is 14.2 Å². The number of aryl methyl sites for hydroxylation is 1. The Morgan fingerprint density at radius 1 is 1.07 bits per heavy atom. The highest BCUT2D eigenvalue weighted by Gasteiger charge is 2.16. The number of rotatable bonds is 7. The van der Waals surface area contributed by atoms with Gasteiger partial charge in [0.15, 0.2) is 0 Å². The van der Waals surface area contributed by atoms with Crippen molar-refractivity contribution in [2.45, 2.75) is 20.4 Å². The predicted octanol–water partition coefficient (Wildman–Crippen LogP) is 3.73. The lowest BCUT2D eigenvalue weighted by Crippen LogP contribution is -2.22. The minimum atomic E-state index is 0.636. The van der Waals surface area contributed by atoms with E-state index in [1.54, 1.807) is 7.11 Å². The van der Waals surface area contributed by atoms with E-state index in [4.69, 9.17) is 9.72 Å². The van der Waals surface area contributed by atoms with Crippen LogP contribution >= 0.6 is 0 Å². The average molecular weight is 390 g/mol. The van der Waals surface area contributed by atoms with Gasteiger partial charge in [0.2, 0.25) is 0 Å². The number of anilines is 1. The van der Waals surface area contributed by atoms with Crippen molar-refractivity contribution in [2.75, 3.05) is 25.1 Å². The van der Waals surface area contributed by atoms with Crippen molar-refractivity contribution in [2.24, 2.45) is 7.05 Å². The fourth-order valence-corrected chi connectivity index (χ4v) is 3.58. The Balaban J connectivity index is 1.80. The molecule has 29 heavy (non-hydrogen) atoms. The van der Waals surface area contributed by atoms with Gasteiger partial charge in [-0.2, -0.15) is 5.10 Å². The number of hydrogen-bond donors (Lipinski definition) is 0. The fourth-order valence-electron chi connectivity index (χ4n) is 3.58. The highest BCUT2D eigenvalue weighted by Crippen LogP contribution is 2.28. The maximum Gasteiger partial charge on any atom is 0.143 e. The number of fused-ring (bicyclic) bond motifs is 1. The number of nitrogens with zero attached hydrogens (tertiary/aromatic N) is 6. The molecule has 0 bridgehead atoms. The van der Waals surface area contributed by atoms with Crippen LogP contribution < -0.4 is 9.64 Å². The molecule has 7 nitrogen and oxygen atoms in total. The lowest BCUT2D eigenvalue weighted by molar-refractivity contribution is 0.415. The maximum absolute atomic E-state index is 5.38. The first-order valence-electron chi connectivity index (χ1n) is 9.87. The molecule has 7 heteroatoms. The van der Waals surface area contributed by atoms with Gasteiger partial charge in [0, 0.05) is 44.2 Å². The normalized spacial score (nSPS) is 11.2. The van der Waals surface area contributed by atoms with Crippen LogP contribution in [0.2, 0.25) is 0 Å². The van der Waals surface area contributed by atoms with Gasteiger partial charge in [0.1, 0.15) is 17.4 Å². The second-order valence-electron chi connectivity index (χ2n) is 6.93. The van der Waals surface area contributed by atoms with Crippen LogP contribution in [-0.2, 0) is 13.6 Å². The maximum atomic E-state index is 5.38.